The highest BCUT2D eigenvalue weighted by atomic mass is 19.4. The van der Waals surface area contributed by atoms with Crippen molar-refractivity contribution < 1.29 is 27.1 Å². The van der Waals surface area contributed by atoms with E-state index in [-0.39, 0.29) is 13.2 Å². The highest BCUT2D eigenvalue weighted by Gasteiger charge is 2.31. The zero-order chi connectivity index (χ0) is 17.6. The molecule has 0 saturated heterocycles. The molecule has 0 radical (unpaired) electrons. The summed E-state index contributed by atoms with van der Waals surface area (Å²) in [7, 11) is 1.41. The van der Waals surface area contributed by atoms with Gasteiger partial charge in [0.2, 0.25) is 0 Å². The molecule has 0 aliphatic rings. The molecule has 24 heavy (non-hydrogen) atoms. The van der Waals surface area contributed by atoms with Crippen molar-refractivity contribution >= 4 is 6.03 Å². The Morgan fingerprint density at radius 3 is 2.71 bits per heavy atom. The maximum atomic E-state index is 12.8. The molecule has 8 heteroatoms. The number of nitrogens with one attached hydrogen (secondary N) is 2. The molecule has 1 heterocycles. The van der Waals surface area contributed by atoms with E-state index in [1.165, 1.54) is 25.5 Å². The first-order valence-corrected chi connectivity index (χ1v) is 7.13. The second-order valence-corrected chi connectivity index (χ2v) is 5.04. The molecule has 0 bridgehead atoms. The normalized spacial score (nSPS) is 12.7. The molecule has 5 nitrogen and oxygen atoms in total. The number of urea groups is 1. The first kappa shape index (κ1) is 17.9. The minimum Gasteiger partial charge on any atom is -0.467 e. The predicted octanol–water partition coefficient (Wildman–Crippen LogP) is 3.49. The van der Waals surface area contributed by atoms with E-state index in [0.29, 0.717) is 11.3 Å². The van der Waals surface area contributed by atoms with Crippen LogP contribution in [0.2, 0.25) is 0 Å². The third kappa shape index (κ3) is 5.02. The first-order chi connectivity index (χ1) is 11.4. The average molecular weight is 342 g/mol. The Morgan fingerprint density at radius 1 is 1.29 bits per heavy atom. The van der Waals surface area contributed by atoms with Crippen molar-refractivity contribution in [2.24, 2.45) is 0 Å². The summed E-state index contributed by atoms with van der Waals surface area (Å²) in [6.45, 7) is 0.205. The molecule has 0 spiro atoms. The number of ether oxygens (including phenoxy) is 1. The third-order valence-electron chi connectivity index (χ3n) is 3.26. The average Bonchev–Trinajstić information content (AvgIpc) is 3.05. The lowest BCUT2D eigenvalue weighted by Gasteiger charge is -2.20. The second kappa shape index (κ2) is 7.87. The molecule has 0 fully saturated rings. The number of furan rings is 1. The zero-order valence-corrected chi connectivity index (χ0v) is 12.9. The summed E-state index contributed by atoms with van der Waals surface area (Å²) in [5, 5.41) is 5.16. The number of methoxy groups -OCH3 is 1. The summed E-state index contributed by atoms with van der Waals surface area (Å²) in [6, 6.07) is 6.90. The number of alkyl halides is 3. The van der Waals surface area contributed by atoms with Crippen LogP contribution in [0.15, 0.2) is 47.1 Å². The number of halogens is 3. The van der Waals surface area contributed by atoms with Crippen molar-refractivity contribution in [1.82, 2.24) is 10.6 Å². The van der Waals surface area contributed by atoms with Crippen molar-refractivity contribution in [2.45, 2.75) is 18.8 Å². The number of carbonyl (C=O) groups excluding carboxylic acids is 1. The van der Waals surface area contributed by atoms with E-state index in [2.05, 4.69) is 10.6 Å². The van der Waals surface area contributed by atoms with Crippen LogP contribution in [0.4, 0.5) is 18.0 Å². The number of hydrogen-bond donors (Lipinski definition) is 2. The van der Waals surface area contributed by atoms with Gasteiger partial charge in [-0.15, -0.1) is 0 Å². The molecule has 0 aliphatic heterocycles. The van der Waals surface area contributed by atoms with E-state index in [1.807, 2.05) is 0 Å². The van der Waals surface area contributed by atoms with Gasteiger partial charge in [0.25, 0.3) is 0 Å². The Hall–Kier alpha value is -2.48. The SMILES string of the molecule is COC[C@H](NC(=O)NCc1ccco1)c1cccc(C(F)(F)F)c1. The van der Waals surface area contributed by atoms with Gasteiger partial charge in [0.05, 0.1) is 31.0 Å². The van der Waals surface area contributed by atoms with Gasteiger partial charge in [0.15, 0.2) is 0 Å². The highest BCUT2D eigenvalue weighted by molar-refractivity contribution is 5.74. The topological polar surface area (TPSA) is 63.5 Å². The zero-order valence-electron chi connectivity index (χ0n) is 12.9. The van der Waals surface area contributed by atoms with E-state index in [9.17, 15) is 18.0 Å². The van der Waals surface area contributed by atoms with Gasteiger partial charge in [-0.2, -0.15) is 13.2 Å². The molecule has 1 aromatic carbocycles. The van der Waals surface area contributed by atoms with Crippen LogP contribution < -0.4 is 10.6 Å². The van der Waals surface area contributed by atoms with Crippen LogP contribution >= 0.6 is 0 Å². The molecular formula is C16H17F3N2O3. The van der Waals surface area contributed by atoms with Gasteiger partial charge in [0.1, 0.15) is 5.76 Å². The van der Waals surface area contributed by atoms with Crippen molar-refractivity contribution in [3.05, 3.63) is 59.5 Å². The predicted molar refractivity (Wildman–Crippen MR) is 80.1 cm³/mol. The molecule has 2 aromatic rings. The quantitative estimate of drug-likeness (QED) is 0.845. The number of benzene rings is 1. The Balaban J connectivity index is 2.04. The fourth-order valence-corrected chi connectivity index (χ4v) is 2.11. The standard InChI is InChI=1S/C16H17F3N2O3/c1-23-10-14(11-4-2-5-12(8-11)16(17,18)19)21-15(22)20-9-13-6-3-7-24-13/h2-8,14H,9-10H2,1H3,(H2,20,21,22)/t14-/m0/s1. The molecule has 0 aliphatic carbocycles. The fourth-order valence-electron chi connectivity index (χ4n) is 2.11. The van der Waals surface area contributed by atoms with Gasteiger partial charge >= 0.3 is 12.2 Å². The largest absolute Gasteiger partial charge is 0.467 e. The molecule has 2 N–H and O–H groups in total. The van der Waals surface area contributed by atoms with Crippen LogP contribution in [-0.4, -0.2) is 19.7 Å². The number of rotatable bonds is 6. The van der Waals surface area contributed by atoms with Gasteiger partial charge in [0, 0.05) is 7.11 Å². The number of carbonyl (C=O) groups is 1. The number of hydrogen-bond acceptors (Lipinski definition) is 3. The maximum absolute atomic E-state index is 12.8. The Labute approximate surface area is 136 Å². The molecule has 0 saturated carbocycles. The fraction of sp³-hybridized carbons (Fsp3) is 0.312. The number of amides is 2. The van der Waals surface area contributed by atoms with Gasteiger partial charge in [-0.25, -0.2) is 4.79 Å². The summed E-state index contributed by atoms with van der Waals surface area (Å²) in [5.74, 6) is 0.563. The summed E-state index contributed by atoms with van der Waals surface area (Å²) in [4.78, 5) is 11.9. The lowest BCUT2D eigenvalue weighted by molar-refractivity contribution is -0.137. The monoisotopic (exact) mass is 342 g/mol. The van der Waals surface area contributed by atoms with E-state index in [1.54, 1.807) is 12.1 Å². The Kier molecular flexibility index (Phi) is 5.86. The summed E-state index contributed by atoms with van der Waals surface area (Å²) in [5.41, 5.74) is -0.473. The Bertz CT molecular complexity index is 657. The smallest absolute Gasteiger partial charge is 0.416 e. The van der Waals surface area contributed by atoms with Gasteiger partial charge < -0.3 is 19.8 Å². The molecule has 130 valence electrons. The minimum atomic E-state index is -4.45. The van der Waals surface area contributed by atoms with Crippen molar-refractivity contribution in [3.8, 4) is 0 Å². The van der Waals surface area contributed by atoms with Crippen LogP contribution in [-0.2, 0) is 17.5 Å². The first-order valence-electron chi connectivity index (χ1n) is 7.13. The molecular weight excluding hydrogens is 325 g/mol. The van der Waals surface area contributed by atoms with E-state index in [4.69, 9.17) is 9.15 Å². The van der Waals surface area contributed by atoms with Gasteiger partial charge in [-0.3, -0.25) is 0 Å². The van der Waals surface area contributed by atoms with Crippen molar-refractivity contribution in [1.29, 1.82) is 0 Å². The van der Waals surface area contributed by atoms with Crippen LogP contribution in [0.5, 0.6) is 0 Å². The minimum absolute atomic E-state index is 0.0372. The molecule has 2 amide bonds. The van der Waals surface area contributed by atoms with E-state index >= 15 is 0 Å². The van der Waals surface area contributed by atoms with E-state index in [0.717, 1.165) is 12.1 Å². The third-order valence-corrected chi connectivity index (χ3v) is 3.26. The van der Waals surface area contributed by atoms with Crippen LogP contribution in [0.3, 0.4) is 0 Å². The molecule has 1 atom stereocenters. The van der Waals surface area contributed by atoms with Gasteiger partial charge in [-0.05, 0) is 29.8 Å². The van der Waals surface area contributed by atoms with Crippen LogP contribution in [0.1, 0.15) is 22.9 Å². The van der Waals surface area contributed by atoms with E-state index < -0.39 is 23.8 Å². The second-order valence-electron chi connectivity index (χ2n) is 5.04. The Morgan fingerprint density at radius 2 is 2.08 bits per heavy atom. The summed E-state index contributed by atoms with van der Waals surface area (Å²) >= 11 is 0. The van der Waals surface area contributed by atoms with Gasteiger partial charge in [-0.1, -0.05) is 12.1 Å². The highest BCUT2D eigenvalue weighted by Crippen LogP contribution is 2.30. The van der Waals surface area contributed by atoms with Crippen LogP contribution in [0.25, 0.3) is 0 Å². The van der Waals surface area contributed by atoms with Crippen LogP contribution in [0, 0.1) is 0 Å². The maximum Gasteiger partial charge on any atom is 0.416 e. The van der Waals surface area contributed by atoms with Crippen molar-refractivity contribution in [3.63, 3.8) is 0 Å². The summed E-state index contributed by atoms with van der Waals surface area (Å²) in [6.07, 6.45) is -2.97. The lowest BCUT2D eigenvalue weighted by atomic mass is 10.0. The molecule has 2 rings (SSSR count). The molecule has 0 unspecified atom stereocenters. The lowest BCUT2D eigenvalue weighted by Crippen LogP contribution is -2.39. The van der Waals surface area contributed by atoms with Crippen molar-refractivity contribution in [2.75, 3.05) is 13.7 Å². The molecule has 1 aromatic heterocycles. The summed E-state index contributed by atoms with van der Waals surface area (Å²) < 4.78 is 48.5.